The second kappa shape index (κ2) is 7.69. The summed E-state index contributed by atoms with van der Waals surface area (Å²) in [5.41, 5.74) is 11.1. The van der Waals surface area contributed by atoms with Crippen LogP contribution in [0.5, 0.6) is 0 Å². The van der Waals surface area contributed by atoms with Gasteiger partial charge in [-0.05, 0) is 0 Å². The molecule has 0 heterocycles. The Morgan fingerprint density at radius 2 is 1.48 bits per heavy atom. The van der Waals surface area contributed by atoms with Crippen LogP contribution >= 0.6 is 23.2 Å². The van der Waals surface area contributed by atoms with Crippen LogP contribution in [0.25, 0.3) is 5.57 Å². The summed E-state index contributed by atoms with van der Waals surface area (Å²) in [6, 6.07) is 14.8. The van der Waals surface area contributed by atoms with Crippen molar-refractivity contribution in [3.63, 3.8) is 0 Å². The van der Waals surface area contributed by atoms with Crippen LogP contribution in [0.15, 0.2) is 68.0 Å². The molecular formula is C27H32Cl2SiZr. The molecule has 0 spiro atoms. The van der Waals surface area contributed by atoms with Crippen LogP contribution in [-0.2, 0) is 17.4 Å². The number of allylic oxidation sites excluding steroid dienone is 5. The van der Waals surface area contributed by atoms with Gasteiger partial charge in [0.25, 0.3) is 0 Å². The summed E-state index contributed by atoms with van der Waals surface area (Å²) in [5.74, 6) is 0.515. The molecule has 31 heavy (non-hydrogen) atoms. The van der Waals surface area contributed by atoms with E-state index in [1.54, 1.807) is 3.28 Å². The van der Waals surface area contributed by atoms with Gasteiger partial charge in [0.05, 0.1) is 0 Å². The minimum atomic E-state index is -3.55. The summed E-state index contributed by atoms with van der Waals surface area (Å²) in [5, 5.41) is 1.53. The maximum atomic E-state index is 6.99. The van der Waals surface area contributed by atoms with Crippen molar-refractivity contribution in [1.29, 1.82) is 0 Å². The van der Waals surface area contributed by atoms with Gasteiger partial charge in [-0.2, -0.15) is 0 Å². The summed E-state index contributed by atoms with van der Waals surface area (Å²) >= 11 is 9.98. The van der Waals surface area contributed by atoms with Crippen LogP contribution < -0.4 is 0 Å². The van der Waals surface area contributed by atoms with Gasteiger partial charge >= 0.3 is 201 Å². The Morgan fingerprint density at radius 3 is 2.03 bits per heavy atom. The van der Waals surface area contributed by atoms with Crippen LogP contribution in [0.3, 0.4) is 0 Å². The van der Waals surface area contributed by atoms with E-state index in [2.05, 4.69) is 87.2 Å². The standard InChI is InChI=1S/C16H11Cl2.C9H13.2CH3.H2Si.Zr/c1-10-7-13-14(8-12(17)9-15(13)18)16(10)11-5-3-2-4-6-11;1-6-5-7(2)9(4)8(6)3;;;;/h2-9H,1H3;6H,1-4H3;2*1H3;1H2;. The fraction of sp³-hybridized carbons (Fsp3) is 0.333. The van der Waals surface area contributed by atoms with Gasteiger partial charge in [-0.25, -0.2) is 0 Å². The van der Waals surface area contributed by atoms with E-state index in [9.17, 15) is 0 Å². The van der Waals surface area contributed by atoms with E-state index in [-0.39, 0.29) is 0 Å². The Kier molecular flexibility index (Phi) is 5.83. The van der Waals surface area contributed by atoms with Gasteiger partial charge < -0.3 is 0 Å². The molecule has 0 bridgehead atoms. The van der Waals surface area contributed by atoms with Crippen LogP contribution in [0.2, 0.25) is 19.3 Å². The molecule has 0 aromatic heterocycles. The zero-order valence-electron chi connectivity index (χ0n) is 19.7. The molecule has 0 nitrogen and oxygen atoms in total. The minimum absolute atomic E-state index is 0.376. The average molecular weight is 547 g/mol. The third kappa shape index (κ3) is 3.48. The molecule has 0 aliphatic heterocycles. The third-order valence-corrected chi connectivity index (χ3v) is 25.9. The first kappa shape index (κ1) is 23.5. The quantitative estimate of drug-likeness (QED) is 0.339. The number of hydrogen-bond acceptors (Lipinski definition) is 0. The zero-order valence-corrected chi connectivity index (χ0v) is 25.0. The fourth-order valence-electron chi connectivity index (χ4n) is 6.65. The van der Waals surface area contributed by atoms with E-state index in [0.29, 0.717) is 14.6 Å². The topological polar surface area (TPSA) is 0 Å². The predicted octanol–water partition coefficient (Wildman–Crippen LogP) is 8.46. The van der Waals surface area contributed by atoms with Gasteiger partial charge in [0.1, 0.15) is 0 Å². The number of benzene rings is 2. The van der Waals surface area contributed by atoms with E-state index in [1.807, 2.05) is 6.07 Å². The van der Waals surface area contributed by atoms with E-state index in [0.717, 1.165) is 5.02 Å². The summed E-state index contributed by atoms with van der Waals surface area (Å²) < 4.78 is 7.39. The summed E-state index contributed by atoms with van der Waals surface area (Å²) in [6.07, 6.45) is 0. The summed E-state index contributed by atoms with van der Waals surface area (Å²) in [4.78, 5) is 0. The molecule has 2 atom stereocenters. The Hall–Kier alpha value is -0.660. The van der Waals surface area contributed by atoms with Gasteiger partial charge in [-0.3, -0.25) is 0 Å². The van der Waals surface area contributed by atoms with Crippen molar-refractivity contribution >= 4 is 35.7 Å². The second-order valence-corrected chi connectivity index (χ2v) is 40.9. The fourth-order valence-corrected chi connectivity index (χ4v) is 29.0. The molecule has 4 heteroatoms. The Bertz CT molecular complexity index is 1270. The van der Waals surface area contributed by atoms with Gasteiger partial charge in [0.15, 0.2) is 0 Å². The molecule has 4 rings (SSSR count). The van der Waals surface area contributed by atoms with Crippen molar-refractivity contribution < 1.29 is 17.4 Å². The molecule has 2 aromatic carbocycles. The molecule has 0 N–H and O–H groups in total. The van der Waals surface area contributed by atoms with Crippen molar-refractivity contribution in [2.75, 3.05) is 0 Å². The molecule has 2 aliphatic rings. The van der Waals surface area contributed by atoms with Crippen molar-refractivity contribution in [1.82, 2.24) is 0 Å². The number of hydrogen-bond donors (Lipinski definition) is 0. The van der Waals surface area contributed by atoms with Crippen LogP contribution in [0.1, 0.15) is 54.9 Å². The average Bonchev–Trinajstić information content (AvgIpc) is 3.09. The Labute approximate surface area is 199 Å². The third-order valence-electron chi connectivity index (χ3n) is 7.99. The summed E-state index contributed by atoms with van der Waals surface area (Å²) in [7, 11) is 0. The molecule has 0 radical (unpaired) electrons. The van der Waals surface area contributed by atoms with Crippen LogP contribution in [-0.4, -0.2) is 6.88 Å². The molecule has 2 aromatic rings. The summed E-state index contributed by atoms with van der Waals surface area (Å²) in [6.45, 7) is 14.1. The van der Waals surface area contributed by atoms with E-state index >= 15 is 0 Å². The number of halogens is 2. The molecule has 0 fully saturated rings. The molecule has 2 aliphatic carbocycles. The van der Waals surface area contributed by atoms with Crippen LogP contribution in [0, 0.1) is 5.92 Å². The molecule has 0 amide bonds. The SMILES string of the molecule is CC1=C(C)C(C)[C]([Zr]([CH3])([CH3])(=[SiH2])[CH]2C(C)=C(c3ccccc3)c3cc(Cl)cc(Cl)c32)=C1C. The first-order valence-electron chi connectivity index (χ1n) is 11.1. The maximum absolute atomic E-state index is 6.99. The molecule has 0 saturated heterocycles. The first-order valence-corrected chi connectivity index (χ1v) is 25.3. The molecule has 2 unspecified atom stereocenters. The predicted molar refractivity (Wildman–Crippen MR) is 138 cm³/mol. The van der Waals surface area contributed by atoms with E-state index < -0.39 is 17.4 Å². The van der Waals surface area contributed by atoms with Gasteiger partial charge in [0, 0.05) is 0 Å². The molecule has 162 valence electrons. The zero-order chi connectivity index (χ0) is 22.9. The normalized spacial score (nSPS) is 22.0. The molecule has 0 saturated carbocycles. The van der Waals surface area contributed by atoms with E-state index in [4.69, 9.17) is 23.2 Å². The number of rotatable bonds is 3. The first-order chi connectivity index (χ1) is 14.3. The van der Waals surface area contributed by atoms with E-state index in [1.165, 1.54) is 44.6 Å². The second-order valence-electron chi connectivity index (χ2n) is 10.6. The Balaban J connectivity index is 2.06. The molecular weight excluding hydrogens is 515 g/mol. The van der Waals surface area contributed by atoms with Gasteiger partial charge in [-0.15, -0.1) is 0 Å². The monoisotopic (exact) mass is 544 g/mol. The number of fused-ring (bicyclic) bond motifs is 1. The van der Waals surface area contributed by atoms with Gasteiger partial charge in [-0.1, -0.05) is 0 Å². The van der Waals surface area contributed by atoms with Crippen LogP contribution in [0.4, 0.5) is 0 Å². The Morgan fingerprint density at radius 1 is 0.871 bits per heavy atom. The van der Waals surface area contributed by atoms with Crippen molar-refractivity contribution in [2.24, 2.45) is 5.92 Å². The van der Waals surface area contributed by atoms with Gasteiger partial charge in [0.2, 0.25) is 0 Å². The van der Waals surface area contributed by atoms with Crippen molar-refractivity contribution in [3.05, 3.63) is 94.8 Å². The van der Waals surface area contributed by atoms with Crippen molar-refractivity contribution in [3.8, 4) is 0 Å². The van der Waals surface area contributed by atoms with Crippen molar-refractivity contribution in [2.45, 2.75) is 47.5 Å².